The van der Waals surface area contributed by atoms with E-state index < -0.39 is 0 Å². The van der Waals surface area contributed by atoms with Crippen LogP contribution in [0, 0.1) is 0 Å². The predicted octanol–water partition coefficient (Wildman–Crippen LogP) is 3.71. The third-order valence-electron chi connectivity index (χ3n) is 4.09. The Labute approximate surface area is 149 Å². The van der Waals surface area contributed by atoms with Crippen molar-refractivity contribution in [2.24, 2.45) is 4.99 Å². The van der Waals surface area contributed by atoms with Crippen molar-refractivity contribution in [1.82, 2.24) is 10.6 Å². The van der Waals surface area contributed by atoms with Gasteiger partial charge in [0.05, 0.1) is 6.54 Å². The van der Waals surface area contributed by atoms with Crippen molar-refractivity contribution in [2.45, 2.75) is 44.1 Å². The van der Waals surface area contributed by atoms with Crippen LogP contribution in [0.5, 0.6) is 0 Å². The van der Waals surface area contributed by atoms with Crippen molar-refractivity contribution in [3.05, 3.63) is 34.9 Å². The molecule has 5 heteroatoms. The van der Waals surface area contributed by atoms with Gasteiger partial charge in [-0.1, -0.05) is 23.7 Å². The average Bonchev–Trinajstić information content (AvgIpc) is 3.33. The highest BCUT2D eigenvalue weighted by molar-refractivity contribution is 14.0. The minimum Gasteiger partial charge on any atom is -0.357 e. The molecule has 2 N–H and O–H groups in total. The first kappa shape index (κ1) is 16.9. The van der Waals surface area contributed by atoms with Crippen LogP contribution in [0.25, 0.3) is 0 Å². The van der Waals surface area contributed by atoms with Gasteiger partial charge in [-0.2, -0.15) is 0 Å². The van der Waals surface area contributed by atoms with Gasteiger partial charge in [0.2, 0.25) is 0 Å². The highest BCUT2D eigenvalue weighted by atomic mass is 127. The molecule has 116 valence electrons. The van der Waals surface area contributed by atoms with Gasteiger partial charge < -0.3 is 10.6 Å². The van der Waals surface area contributed by atoms with Crippen molar-refractivity contribution < 1.29 is 0 Å². The third-order valence-corrected chi connectivity index (χ3v) is 4.33. The molecule has 0 radical (unpaired) electrons. The molecule has 1 aromatic rings. The summed E-state index contributed by atoms with van der Waals surface area (Å²) in [6.07, 6.45) is 4.95. The Morgan fingerprint density at radius 2 is 2.14 bits per heavy atom. The smallest absolute Gasteiger partial charge is 0.191 e. The van der Waals surface area contributed by atoms with Crippen LogP contribution < -0.4 is 10.6 Å². The molecule has 0 saturated heterocycles. The van der Waals surface area contributed by atoms with E-state index in [1.54, 1.807) is 0 Å². The number of rotatable bonds is 5. The Kier molecular flexibility index (Phi) is 5.77. The molecule has 0 unspecified atom stereocenters. The van der Waals surface area contributed by atoms with E-state index in [4.69, 9.17) is 16.6 Å². The van der Waals surface area contributed by atoms with Crippen LogP contribution in [-0.2, 0) is 5.41 Å². The first-order valence-electron chi connectivity index (χ1n) is 7.53. The number of nitrogens with zero attached hydrogens (tertiary/aromatic N) is 1. The zero-order chi connectivity index (χ0) is 14.0. The van der Waals surface area contributed by atoms with Gasteiger partial charge in [-0.25, -0.2) is 0 Å². The molecule has 2 aliphatic carbocycles. The summed E-state index contributed by atoms with van der Waals surface area (Å²) >= 11 is 6.11. The maximum Gasteiger partial charge on any atom is 0.191 e. The average molecular weight is 420 g/mol. The van der Waals surface area contributed by atoms with Crippen molar-refractivity contribution in [3.8, 4) is 0 Å². The van der Waals surface area contributed by atoms with Gasteiger partial charge in [0, 0.05) is 23.0 Å². The van der Waals surface area contributed by atoms with Crippen LogP contribution in [0.4, 0.5) is 0 Å². The largest absolute Gasteiger partial charge is 0.357 e. The molecule has 3 rings (SSSR count). The summed E-state index contributed by atoms with van der Waals surface area (Å²) in [5.41, 5.74) is 1.55. The molecule has 0 atom stereocenters. The third kappa shape index (κ3) is 4.49. The van der Waals surface area contributed by atoms with Gasteiger partial charge >= 0.3 is 0 Å². The summed E-state index contributed by atoms with van der Waals surface area (Å²) in [6, 6.07) is 8.87. The van der Waals surface area contributed by atoms with E-state index >= 15 is 0 Å². The standard InChI is InChI=1S/C16H22ClN3.HI/c1-2-18-15(20-14-6-7-14)19-11-16(8-9-16)12-4-3-5-13(17)10-12;/h3-5,10,14H,2,6-9,11H2,1H3,(H2,18,19,20);1H. The normalized spacial score (nSPS) is 19.6. The van der Waals surface area contributed by atoms with Crippen molar-refractivity contribution in [2.75, 3.05) is 13.1 Å². The fourth-order valence-corrected chi connectivity index (χ4v) is 2.67. The van der Waals surface area contributed by atoms with E-state index in [0.29, 0.717) is 6.04 Å². The van der Waals surface area contributed by atoms with Crippen LogP contribution in [0.2, 0.25) is 5.02 Å². The number of nitrogens with one attached hydrogen (secondary N) is 2. The van der Waals surface area contributed by atoms with Gasteiger partial charge in [-0.3, -0.25) is 4.99 Å². The summed E-state index contributed by atoms with van der Waals surface area (Å²) in [4.78, 5) is 4.79. The lowest BCUT2D eigenvalue weighted by atomic mass is 9.96. The molecular weight excluding hydrogens is 397 g/mol. The molecule has 0 aliphatic heterocycles. The van der Waals surface area contributed by atoms with Crippen LogP contribution in [-0.4, -0.2) is 25.1 Å². The van der Waals surface area contributed by atoms with E-state index in [1.807, 2.05) is 12.1 Å². The zero-order valence-corrected chi connectivity index (χ0v) is 15.4. The van der Waals surface area contributed by atoms with E-state index in [0.717, 1.165) is 24.1 Å². The number of halogens is 2. The van der Waals surface area contributed by atoms with Gasteiger partial charge in [-0.15, -0.1) is 24.0 Å². The Morgan fingerprint density at radius 3 is 2.71 bits per heavy atom. The second-order valence-electron chi connectivity index (χ2n) is 5.90. The van der Waals surface area contributed by atoms with Gasteiger partial charge in [0.15, 0.2) is 5.96 Å². The monoisotopic (exact) mass is 419 g/mol. The topological polar surface area (TPSA) is 36.4 Å². The lowest BCUT2D eigenvalue weighted by Crippen LogP contribution is -2.39. The number of aliphatic imine (C=N–C) groups is 1. The maximum absolute atomic E-state index is 6.11. The Balaban J connectivity index is 0.00000161. The van der Waals surface area contributed by atoms with E-state index in [1.165, 1.54) is 31.2 Å². The first-order valence-corrected chi connectivity index (χ1v) is 7.90. The highest BCUT2D eigenvalue weighted by Gasteiger charge is 2.44. The summed E-state index contributed by atoms with van der Waals surface area (Å²) in [5.74, 6) is 0.961. The molecule has 0 amide bonds. The molecule has 3 nitrogen and oxygen atoms in total. The maximum atomic E-state index is 6.11. The second-order valence-corrected chi connectivity index (χ2v) is 6.34. The van der Waals surface area contributed by atoms with Crippen molar-refractivity contribution >= 4 is 41.5 Å². The minimum absolute atomic E-state index is 0. The van der Waals surface area contributed by atoms with Crippen LogP contribution in [0.3, 0.4) is 0 Å². The van der Waals surface area contributed by atoms with Gasteiger partial charge in [-0.05, 0) is 50.3 Å². The van der Waals surface area contributed by atoms with Crippen molar-refractivity contribution in [3.63, 3.8) is 0 Å². The zero-order valence-electron chi connectivity index (χ0n) is 12.4. The molecule has 2 aliphatic rings. The van der Waals surface area contributed by atoms with Crippen LogP contribution >= 0.6 is 35.6 Å². The molecule has 1 aromatic carbocycles. The quantitative estimate of drug-likeness (QED) is 0.434. The van der Waals surface area contributed by atoms with Crippen molar-refractivity contribution in [1.29, 1.82) is 0 Å². The summed E-state index contributed by atoms with van der Waals surface area (Å²) in [7, 11) is 0. The Hall–Kier alpha value is -0.490. The van der Waals surface area contributed by atoms with E-state index in [2.05, 4.69) is 29.7 Å². The fraction of sp³-hybridized carbons (Fsp3) is 0.562. The van der Waals surface area contributed by atoms with Gasteiger partial charge in [0.1, 0.15) is 0 Å². The highest BCUT2D eigenvalue weighted by Crippen LogP contribution is 2.48. The Morgan fingerprint density at radius 1 is 1.38 bits per heavy atom. The molecule has 0 spiro atoms. The first-order chi connectivity index (χ1) is 9.72. The predicted molar refractivity (Wildman–Crippen MR) is 99.9 cm³/mol. The molecule has 21 heavy (non-hydrogen) atoms. The number of benzene rings is 1. The molecule has 2 saturated carbocycles. The number of guanidine groups is 1. The van der Waals surface area contributed by atoms with E-state index in [9.17, 15) is 0 Å². The number of hydrogen-bond donors (Lipinski definition) is 2. The fourth-order valence-electron chi connectivity index (χ4n) is 2.48. The summed E-state index contributed by atoms with van der Waals surface area (Å²) in [5, 5.41) is 7.62. The minimum atomic E-state index is 0. The van der Waals surface area contributed by atoms with Crippen LogP contribution in [0.15, 0.2) is 29.3 Å². The molecule has 2 fully saturated rings. The summed E-state index contributed by atoms with van der Waals surface area (Å²) in [6.45, 7) is 3.85. The molecular formula is C16H23ClIN3. The summed E-state index contributed by atoms with van der Waals surface area (Å²) < 4.78 is 0. The lowest BCUT2D eigenvalue weighted by molar-refractivity contribution is 0.692. The lowest BCUT2D eigenvalue weighted by Gasteiger charge is -2.16. The van der Waals surface area contributed by atoms with E-state index in [-0.39, 0.29) is 29.4 Å². The Bertz CT molecular complexity index is 510. The van der Waals surface area contributed by atoms with Crippen LogP contribution in [0.1, 0.15) is 38.2 Å². The number of hydrogen-bond acceptors (Lipinski definition) is 1. The SMILES string of the molecule is CCNC(=NCC1(c2cccc(Cl)c2)CC1)NC1CC1.I. The molecule has 0 bridgehead atoms. The second kappa shape index (κ2) is 7.18. The molecule has 0 aromatic heterocycles. The molecule has 0 heterocycles. The van der Waals surface area contributed by atoms with Gasteiger partial charge in [0.25, 0.3) is 0 Å².